The lowest BCUT2D eigenvalue weighted by Gasteiger charge is -2.03. The van der Waals surface area contributed by atoms with Crippen LogP contribution < -0.4 is 5.32 Å². The van der Waals surface area contributed by atoms with Gasteiger partial charge in [0.2, 0.25) is 5.91 Å². The summed E-state index contributed by atoms with van der Waals surface area (Å²) in [6.45, 7) is 2.79. The summed E-state index contributed by atoms with van der Waals surface area (Å²) in [6, 6.07) is 10.3. The van der Waals surface area contributed by atoms with Crippen LogP contribution in [0.2, 0.25) is 0 Å². The van der Waals surface area contributed by atoms with Crippen molar-refractivity contribution in [2.75, 3.05) is 6.54 Å². The van der Waals surface area contributed by atoms with Crippen molar-refractivity contribution < 1.29 is 9.21 Å². The number of hydrogen-bond donors (Lipinski definition) is 1. The number of thiophene rings is 1. The SMILES string of the molecule is CCc1ccc2c(CC(=O)NCCc3cccs3)coc2c1. The van der Waals surface area contributed by atoms with Crippen molar-refractivity contribution in [2.45, 2.75) is 26.2 Å². The van der Waals surface area contributed by atoms with Gasteiger partial charge in [0.25, 0.3) is 0 Å². The predicted octanol–water partition coefficient (Wildman–Crippen LogP) is 3.96. The molecule has 0 aliphatic carbocycles. The zero-order valence-corrected chi connectivity index (χ0v) is 13.4. The average Bonchev–Trinajstić information content (AvgIpc) is 3.17. The first kappa shape index (κ1) is 14.9. The lowest BCUT2D eigenvalue weighted by molar-refractivity contribution is -0.120. The summed E-state index contributed by atoms with van der Waals surface area (Å²) in [4.78, 5) is 13.3. The van der Waals surface area contributed by atoms with Crippen LogP contribution in [0.5, 0.6) is 0 Å². The Hall–Kier alpha value is -2.07. The molecule has 3 rings (SSSR count). The van der Waals surface area contributed by atoms with Crippen LogP contribution >= 0.6 is 11.3 Å². The maximum absolute atomic E-state index is 12.1. The van der Waals surface area contributed by atoms with Gasteiger partial charge in [-0.1, -0.05) is 25.1 Å². The van der Waals surface area contributed by atoms with E-state index >= 15 is 0 Å². The number of amides is 1. The van der Waals surface area contributed by atoms with Crippen LogP contribution in [0, 0.1) is 0 Å². The summed E-state index contributed by atoms with van der Waals surface area (Å²) in [5.74, 6) is 0.0406. The van der Waals surface area contributed by atoms with E-state index in [0.717, 1.165) is 29.4 Å². The van der Waals surface area contributed by atoms with Crippen molar-refractivity contribution in [2.24, 2.45) is 0 Å². The van der Waals surface area contributed by atoms with Crippen molar-refractivity contribution >= 4 is 28.2 Å². The molecule has 0 saturated heterocycles. The van der Waals surface area contributed by atoms with Crippen LogP contribution in [0.4, 0.5) is 0 Å². The molecular weight excluding hydrogens is 294 g/mol. The molecule has 4 heteroatoms. The van der Waals surface area contributed by atoms with Gasteiger partial charge in [-0.25, -0.2) is 0 Å². The molecule has 0 aliphatic rings. The number of hydrogen-bond acceptors (Lipinski definition) is 3. The van der Waals surface area contributed by atoms with E-state index in [2.05, 4.69) is 29.8 Å². The van der Waals surface area contributed by atoms with Crippen molar-refractivity contribution in [3.63, 3.8) is 0 Å². The van der Waals surface area contributed by atoms with Crippen molar-refractivity contribution in [1.82, 2.24) is 5.32 Å². The Balaban J connectivity index is 1.59. The average molecular weight is 313 g/mol. The topological polar surface area (TPSA) is 42.2 Å². The van der Waals surface area contributed by atoms with Crippen LogP contribution in [-0.2, 0) is 24.1 Å². The normalized spacial score (nSPS) is 11.0. The number of aryl methyl sites for hydroxylation is 1. The van der Waals surface area contributed by atoms with Crippen LogP contribution in [0.15, 0.2) is 46.4 Å². The quantitative estimate of drug-likeness (QED) is 0.748. The van der Waals surface area contributed by atoms with Gasteiger partial charge in [0.15, 0.2) is 0 Å². The first-order valence-corrected chi connectivity index (χ1v) is 8.42. The number of carbonyl (C=O) groups is 1. The third-order valence-corrected chi connectivity index (χ3v) is 4.69. The highest BCUT2D eigenvalue weighted by molar-refractivity contribution is 7.09. The van der Waals surface area contributed by atoms with E-state index < -0.39 is 0 Å². The van der Waals surface area contributed by atoms with Gasteiger partial charge in [0.05, 0.1) is 12.7 Å². The van der Waals surface area contributed by atoms with Crippen molar-refractivity contribution in [1.29, 1.82) is 0 Å². The molecule has 114 valence electrons. The monoisotopic (exact) mass is 313 g/mol. The second-order valence-electron chi connectivity index (χ2n) is 5.30. The van der Waals surface area contributed by atoms with Gasteiger partial charge in [0, 0.05) is 22.4 Å². The van der Waals surface area contributed by atoms with Crippen LogP contribution in [0.1, 0.15) is 22.9 Å². The van der Waals surface area contributed by atoms with E-state index in [9.17, 15) is 4.79 Å². The molecule has 0 saturated carbocycles. The second kappa shape index (κ2) is 6.79. The van der Waals surface area contributed by atoms with E-state index in [0.29, 0.717) is 13.0 Å². The molecule has 0 spiro atoms. The van der Waals surface area contributed by atoms with Crippen LogP contribution in [-0.4, -0.2) is 12.5 Å². The standard InChI is InChI=1S/C18H19NO2S/c1-2-13-5-6-16-14(12-21-17(16)10-13)11-18(20)19-8-7-15-4-3-9-22-15/h3-6,9-10,12H,2,7-8,11H2,1H3,(H,19,20). The van der Waals surface area contributed by atoms with Gasteiger partial charge in [0.1, 0.15) is 5.58 Å². The van der Waals surface area contributed by atoms with Gasteiger partial charge >= 0.3 is 0 Å². The third kappa shape index (κ3) is 3.39. The molecule has 1 N–H and O–H groups in total. The Morgan fingerprint density at radius 1 is 1.32 bits per heavy atom. The fourth-order valence-electron chi connectivity index (χ4n) is 2.50. The Bertz CT molecular complexity index is 759. The second-order valence-corrected chi connectivity index (χ2v) is 6.33. The highest BCUT2D eigenvalue weighted by Crippen LogP contribution is 2.23. The molecule has 0 atom stereocenters. The summed E-state index contributed by atoms with van der Waals surface area (Å²) >= 11 is 1.72. The molecule has 0 bridgehead atoms. The van der Waals surface area contributed by atoms with Gasteiger partial charge < -0.3 is 9.73 Å². The molecule has 22 heavy (non-hydrogen) atoms. The molecule has 2 aromatic heterocycles. The molecule has 0 aliphatic heterocycles. The number of fused-ring (bicyclic) bond motifs is 1. The summed E-state index contributed by atoms with van der Waals surface area (Å²) < 4.78 is 5.58. The van der Waals surface area contributed by atoms with E-state index in [1.54, 1.807) is 17.6 Å². The summed E-state index contributed by atoms with van der Waals surface area (Å²) in [5, 5.41) is 6.06. The van der Waals surface area contributed by atoms with Crippen molar-refractivity contribution in [3.05, 3.63) is 58.0 Å². The van der Waals surface area contributed by atoms with Gasteiger partial charge in [-0.3, -0.25) is 4.79 Å². The first-order chi connectivity index (χ1) is 10.8. The Kier molecular flexibility index (Phi) is 4.59. The number of benzene rings is 1. The third-order valence-electron chi connectivity index (χ3n) is 3.75. The van der Waals surface area contributed by atoms with Gasteiger partial charge in [-0.15, -0.1) is 11.3 Å². The largest absolute Gasteiger partial charge is 0.464 e. The molecule has 0 unspecified atom stereocenters. The van der Waals surface area contributed by atoms with E-state index in [-0.39, 0.29) is 5.91 Å². The molecule has 1 amide bonds. The van der Waals surface area contributed by atoms with Crippen molar-refractivity contribution in [3.8, 4) is 0 Å². The van der Waals surface area contributed by atoms with Crippen LogP contribution in [0.3, 0.4) is 0 Å². The van der Waals surface area contributed by atoms with E-state index in [1.807, 2.05) is 18.2 Å². The highest BCUT2D eigenvalue weighted by atomic mass is 32.1. The number of rotatable bonds is 6. The highest BCUT2D eigenvalue weighted by Gasteiger charge is 2.10. The van der Waals surface area contributed by atoms with Gasteiger partial charge in [-0.05, 0) is 35.9 Å². The zero-order valence-electron chi connectivity index (χ0n) is 12.6. The molecule has 0 fully saturated rings. The summed E-state index contributed by atoms with van der Waals surface area (Å²) in [6.07, 6.45) is 3.93. The number of nitrogens with one attached hydrogen (secondary N) is 1. The predicted molar refractivity (Wildman–Crippen MR) is 90.3 cm³/mol. The Morgan fingerprint density at radius 3 is 3.00 bits per heavy atom. The molecule has 2 heterocycles. The first-order valence-electron chi connectivity index (χ1n) is 7.54. The zero-order chi connectivity index (χ0) is 15.4. The lowest BCUT2D eigenvalue weighted by atomic mass is 10.1. The van der Waals surface area contributed by atoms with E-state index in [4.69, 9.17) is 4.42 Å². The summed E-state index contributed by atoms with van der Waals surface area (Å²) in [7, 11) is 0. The lowest BCUT2D eigenvalue weighted by Crippen LogP contribution is -2.26. The minimum atomic E-state index is 0.0406. The molecule has 3 aromatic rings. The molecular formula is C18H19NO2S. The van der Waals surface area contributed by atoms with Crippen LogP contribution in [0.25, 0.3) is 11.0 Å². The maximum atomic E-state index is 12.1. The summed E-state index contributed by atoms with van der Waals surface area (Å²) in [5.41, 5.74) is 3.06. The van der Waals surface area contributed by atoms with E-state index in [1.165, 1.54) is 10.4 Å². The van der Waals surface area contributed by atoms with Gasteiger partial charge in [-0.2, -0.15) is 0 Å². The minimum Gasteiger partial charge on any atom is -0.464 e. The molecule has 3 nitrogen and oxygen atoms in total. The number of furan rings is 1. The maximum Gasteiger partial charge on any atom is 0.224 e. The Labute approximate surface area is 134 Å². The smallest absolute Gasteiger partial charge is 0.224 e. The molecule has 0 radical (unpaired) electrons. The molecule has 1 aromatic carbocycles. The minimum absolute atomic E-state index is 0.0406. The number of carbonyl (C=O) groups excluding carboxylic acids is 1. The fraction of sp³-hybridized carbons (Fsp3) is 0.278. The Morgan fingerprint density at radius 2 is 2.23 bits per heavy atom. The fourth-order valence-corrected chi connectivity index (χ4v) is 3.21.